The number of aliphatic hydroxyl groups excluding tert-OH is 1. The second-order valence-corrected chi connectivity index (χ2v) is 38.4. The standard InChI is InChI=1S/C36H39BrN11O3P.C20H24N6O.C16H16BrClN5O2P.C7H8O3S.C4H10O/c1-45-21-24(18-41-45)27-16-30(32(50-2)17-31(27)47-13-11-46(12-14-47)26-7-6-10-38-19-26)43-36-39-20-28(37)35(44-36)42-29-9-8-25(15-33(29)52(4,5)49)48-22-34(51-3)40-23-48;1-24-14-15(12-23-24)17-10-18(21)20(27-2)11-19(17)26-8-6-25(7-9-26)16-4-3-5-22-13-16;1-25-11-7-20-23(9-11)10-4-5-13(14(6-10)26(2,3)24)21-15-12(17)8-19-16(18)22-15;1-6-2-4-7(5-3-6)11(8,9)10;1-2-3-4-5/h6-10,15-23H,11-14H2,1-5H3,(H2,39,42,43,44);3-5,10-14H,6-9,21H2,1-2H3;4-9H,1-3H3,(H,19,21,22);2-5H,1H3,(H,8,9,10);5H,2-4H2,1H3. The van der Waals surface area contributed by atoms with Crippen molar-refractivity contribution in [3.05, 3.63) is 216 Å². The summed E-state index contributed by atoms with van der Waals surface area (Å²) in [4.78, 5) is 39.6. The minimum atomic E-state index is -4.02. The molecule has 5 aromatic carbocycles. The molecule has 38 heteroatoms. The molecule has 2 saturated heterocycles. The number of nitrogens with zero attached hydrogens (tertiary/aromatic N) is 18. The maximum Gasteiger partial charge on any atom is 0.294 e. The molecule has 10 heterocycles. The zero-order valence-corrected chi connectivity index (χ0v) is 75.5. The van der Waals surface area contributed by atoms with E-state index >= 15 is 0 Å². The summed E-state index contributed by atoms with van der Waals surface area (Å²) in [6.45, 7) is 18.2. The van der Waals surface area contributed by atoms with E-state index in [1.807, 2.05) is 123 Å². The van der Waals surface area contributed by atoms with Gasteiger partial charge >= 0.3 is 0 Å². The molecule has 32 nitrogen and oxygen atoms in total. The minimum absolute atomic E-state index is 0.0666. The number of hydrogen-bond donors (Lipinski definition) is 6. The van der Waals surface area contributed by atoms with Crippen LogP contribution < -0.4 is 70.8 Å². The zero-order valence-electron chi connectivity index (χ0n) is 69.0. The number of piperazine rings is 2. The van der Waals surface area contributed by atoms with Crippen molar-refractivity contribution in [1.82, 2.24) is 68.8 Å². The van der Waals surface area contributed by atoms with Crippen LogP contribution in [0.4, 0.5) is 63.1 Å². The smallest absolute Gasteiger partial charge is 0.294 e. The molecular formula is C83H97Br2ClN22O10P2S. The molecule has 2 fully saturated rings. The van der Waals surface area contributed by atoms with Crippen molar-refractivity contribution >= 4 is 142 Å². The molecule has 0 spiro atoms. The molecule has 2 aliphatic heterocycles. The predicted molar refractivity (Wildman–Crippen MR) is 488 cm³/mol. The summed E-state index contributed by atoms with van der Waals surface area (Å²) in [5, 5.41) is 32.5. The van der Waals surface area contributed by atoms with Gasteiger partial charge in [-0.25, -0.2) is 19.6 Å². The molecule has 0 amide bonds. The number of nitrogens with two attached hydrogens (primary N) is 1. The van der Waals surface area contributed by atoms with Crippen molar-refractivity contribution in [1.29, 1.82) is 0 Å². The Morgan fingerprint density at radius 1 is 0.554 bits per heavy atom. The summed E-state index contributed by atoms with van der Waals surface area (Å²) in [5.41, 5.74) is 20.0. The molecular weight excluding hydrogens is 1750 g/mol. The number of ether oxygens (including phenoxy) is 4. The van der Waals surface area contributed by atoms with E-state index < -0.39 is 24.4 Å². The van der Waals surface area contributed by atoms with Crippen molar-refractivity contribution < 1.29 is 46.2 Å². The van der Waals surface area contributed by atoms with Gasteiger partial charge in [-0.3, -0.25) is 23.9 Å². The predicted octanol–water partition coefficient (Wildman–Crippen LogP) is 14.8. The van der Waals surface area contributed by atoms with E-state index in [9.17, 15) is 17.5 Å². The van der Waals surface area contributed by atoms with Crippen LogP contribution >= 0.6 is 57.7 Å². The van der Waals surface area contributed by atoms with Gasteiger partial charge in [0.2, 0.25) is 17.1 Å². The van der Waals surface area contributed by atoms with Crippen LogP contribution in [0.15, 0.2) is 210 Å². The Morgan fingerprint density at radius 2 is 1.07 bits per heavy atom. The van der Waals surface area contributed by atoms with E-state index in [1.54, 1.807) is 131 Å². The van der Waals surface area contributed by atoms with Crippen LogP contribution in [0.25, 0.3) is 33.6 Å². The first kappa shape index (κ1) is 90.3. The molecule has 636 valence electrons. The van der Waals surface area contributed by atoms with Crippen molar-refractivity contribution in [2.45, 2.75) is 31.6 Å². The van der Waals surface area contributed by atoms with Crippen LogP contribution in [0.5, 0.6) is 23.1 Å². The number of aryl methyl sites for hydroxylation is 3. The highest BCUT2D eigenvalue weighted by atomic mass is 79.9. The van der Waals surface area contributed by atoms with E-state index in [0.717, 1.165) is 121 Å². The summed E-state index contributed by atoms with van der Waals surface area (Å²) in [5.74, 6) is 3.82. The monoisotopic (exact) mass is 1850 g/mol. The summed E-state index contributed by atoms with van der Waals surface area (Å²) in [6.07, 6.45) is 27.2. The lowest BCUT2D eigenvalue weighted by atomic mass is 10.0. The molecule has 121 heavy (non-hydrogen) atoms. The molecule has 13 aromatic rings. The number of methoxy groups -OCH3 is 4. The number of rotatable bonds is 23. The Kier molecular flexibility index (Phi) is 30.8. The molecule has 0 atom stereocenters. The molecule has 15 rings (SSSR count). The van der Waals surface area contributed by atoms with E-state index in [0.29, 0.717) is 89.6 Å². The van der Waals surface area contributed by atoms with Gasteiger partial charge < -0.3 is 79.0 Å². The van der Waals surface area contributed by atoms with Crippen LogP contribution in [0, 0.1) is 6.92 Å². The number of halogens is 3. The summed E-state index contributed by atoms with van der Waals surface area (Å²) < 4.78 is 86.1. The third-order valence-electron chi connectivity index (χ3n) is 19.3. The number of nitrogens with one attached hydrogen (secondary N) is 3. The average molecular weight is 1850 g/mol. The Bertz CT molecular complexity index is 5870. The number of aliphatic hydroxyl groups is 1. The normalized spacial score (nSPS) is 12.8. The van der Waals surface area contributed by atoms with Crippen LogP contribution in [0.3, 0.4) is 0 Å². The maximum atomic E-state index is 13.5. The summed E-state index contributed by atoms with van der Waals surface area (Å²) in [7, 11) is 0.935. The van der Waals surface area contributed by atoms with E-state index in [2.05, 4.69) is 144 Å². The number of benzene rings is 5. The maximum absolute atomic E-state index is 13.5. The highest BCUT2D eigenvalue weighted by Crippen LogP contribution is 2.45. The van der Waals surface area contributed by atoms with Gasteiger partial charge in [-0.1, -0.05) is 31.0 Å². The Labute approximate surface area is 725 Å². The molecule has 0 saturated carbocycles. The Balaban J connectivity index is 0.000000173. The molecule has 0 bridgehead atoms. The lowest BCUT2D eigenvalue weighted by Gasteiger charge is -2.38. The van der Waals surface area contributed by atoms with Gasteiger partial charge in [-0.15, -0.1) is 0 Å². The van der Waals surface area contributed by atoms with Crippen LogP contribution in [-0.2, 0) is 33.3 Å². The molecule has 2 aliphatic rings. The largest absolute Gasteiger partial charge is 0.495 e. The summed E-state index contributed by atoms with van der Waals surface area (Å²) in [6, 6.07) is 33.5. The number of nitrogen functional groups attached to an aromatic ring is 1. The second kappa shape index (κ2) is 41.2. The van der Waals surface area contributed by atoms with Gasteiger partial charge in [0.05, 0.1) is 125 Å². The zero-order chi connectivity index (χ0) is 86.7. The third kappa shape index (κ3) is 24.0. The fourth-order valence-corrected chi connectivity index (χ4v) is 16.4. The topological polar surface area (TPSA) is 369 Å². The highest BCUT2D eigenvalue weighted by molar-refractivity contribution is 9.11. The van der Waals surface area contributed by atoms with Crippen molar-refractivity contribution in [2.75, 3.05) is 155 Å². The van der Waals surface area contributed by atoms with E-state index in [4.69, 9.17) is 50.9 Å². The van der Waals surface area contributed by atoms with Gasteiger partial charge in [-0.05, 0) is 168 Å². The van der Waals surface area contributed by atoms with Crippen molar-refractivity contribution in [3.8, 4) is 56.8 Å². The molecule has 8 aromatic heterocycles. The first-order chi connectivity index (χ1) is 57.9. The van der Waals surface area contributed by atoms with Gasteiger partial charge in [0.25, 0.3) is 10.1 Å². The second-order valence-electron chi connectivity index (χ2n) is 28.6. The van der Waals surface area contributed by atoms with Gasteiger partial charge in [0.1, 0.15) is 43.7 Å². The summed E-state index contributed by atoms with van der Waals surface area (Å²) >= 11 is 12.9. The molecule has 0 aliphatic carbocycles. The van der Waals surface area contributed by atoms with Crippen LogP contribution in [-0.4, -0.2) is 201 Å². The van der Waals surface area contributed by atoms with E-state index in [1.165, 1.54) is 17.8 Å². The molecule has 0 unspecified atom stereocenters. The molecule has 7 N–H and O–H groups in total. The number of aromatic nitrogens is 14. The number of pyridine rings is 2. The SMILES string of the molecule is CCCCO.COc1cc(N2CCN(c3cccnc3)CC2)c(-c2cnn(C)c2)cc1N.COc1cn(-c2ccc(Nc3nc(Nc4cc(-c5cnn(C)c5)c(N5CCN(c6cccnc6)CC5)cc4OC)ncc3Br)c(P(C)(C)=O)c2)cn1.COc1cnn(-c2ccc(Nc3nc(Cl)ncc3Br)c(P(C)(C)=O)c2)c1.Cc1ccc(S(=O)(=O)O)cc1. The average Bonchev–Trinajstić information content (AvgIpc) is 1.77. The van der Waals surface area contributed by atoms with Gasteiger partial charge in [0, 0.05) is 172 Å². The van der Waals surface area contributed by atoms with Crippen LogP contribution in [0.1, 0.15) is 25.3 Å². The lowest BCUT2D eigenvalue weighted by Crippen LogP contribution is -2.46. The number of imidazole rings is 1. The van der Waals surface area contributed by atoms with Crippen LogP contribution in [0.2, 0.25) is 5.28 Å². The van der Waals surface area contributed by atoms with Gasteiger partial charge in [-0.2, -0.15) is 33.7 Å². The fourth-order valence-electron chi connectivity index (χ4n) is 12.9. The van der Waals surface area contributed by atoms with Crippen molar-refractivity contribution in [2.24, 2.45) is 14.1 Å². The fraction of sp³-hybridized carbons (Fsp3) is 0.277. The Morgan fingerprint density at radius 3 is 1.54 bits per heavy atom. The lowest BCUT2D eigenvalue weighted by molar-refractivity contribution is 0.287. The number of unbranched alkanes of at least 4 members (excludes halogenated alkanes) is 1. The van der Waals surface area contributed by atoms with E-state index in [-0.39, 0.29) is 10.2 Å². The van der Waals surface area contributed by atoms with Crippen molar-refractivity contribution in [3.63, 3.8) is 0 Å². The number of anilines is 11. The third-order valence-corrected chi connectivity index (χ3v) is 24.5. The quantitative estimate of drug-likeness (QED) is 0.0150. The van der Waals surface area contributed by atoms with Gasteiger partial charge in [0.15, 0.2) is 5.75 Å². The first-order valence-corrected chi connectivity index (χ1v) is 46.8. The number of hydrogen-bond acceptors (Lipinski definition) is 27. The first-order valence-electron chi connectivity index (χ1n) is 38.1. The Hall–Kier alpha value is -11.4. The minimum Gasteiger partial charge on any atom is -0.495 e. The molecule has 0 radical (unpaired) electrons. The highest BCUT2D eigenvalue weighted by Gasteiger charge is 2.28.